The monoisotopic (exact) mass is 394 g/mol. The highest BCUT2D eigenvalue weighted by Gasteiger charge is 2.07. The number of hydrogen-bond donors (Lipinski definition) is 0. The van der Waals surface area contributed by atoms with E-state index in [1.807, 2.05) is 36.4 Å². The van der Waals surface area contributed by atoms with Gasteiger partial charge in [0, 0.05) is 0 Å². The van der Waals surface area contributed by atoms with Gasteiger partial charge in [0.1, 0.15) is 24.7 Å². The molecule has 0 radical (unpaired) electrons. The minimum Gasteiger partial charge on any atom is -0.489 e. The Morgan fingerprint density at radius 2 is 1.07 bits per heavy atom. The summed E-state index contributed by atoms with van der Waals surface area (Å²) < 4.78 is 12.1. The largest absolute Gasteiger partial charge is 0.489 e. The third-order valence-corrected chi connectivity index (χ3v) is 5.25. The van der Waals surface area contributed by atoms with E-state index in [-0.39, 0.29) is 0 Å². The Balaban J connectivity index is 1.46. The molecule has 0 spiro atoms. The van der Waals surface area contributed by atoms with Gasteiger partial charge in [0.15, 0.2) is 0 Å². The fourth-order valence-corrected chi connectivity index (χ4v) is 3.46. The lowest BCUT2D eigenvalue weighted by Crippen LogP contribution is -1.99. The van der Waals surface area contributed by atoms with E-state index in [0.717, 1.165) is 28.2 Å². The smallest absolute Gasteiger partial charge is 0.122 e. The van der Waals surface area contributed by atoms with E-state index in [4.69, 9.17) is 9.47 Å². The number of rotatable bonds is 7. The molecule has 4 aromatic carbocycles. The molecule has 0 saturated heterocycles. The van der Waals surface area contributed by atoms with E-state index in [2.05, 4.69) is 74.5 Å². The molecule has 0 fully saturated rings. The van der Waals surface area contributed by atoms with Gasteiger partial charge in [-0.1, -0.05) is 84.9 Å². The van der Waals surface area contributed by atoms with Crippen LogP contribution in [0.1, 0.15) is 22.3 Å². The van der Waals surface area contributed by atoms with Gasteiger partial charge in [-0.25, -0.2) is 0 Å². The topological polar surface area (TPSA) is 18.5 Å². The van der Waals surface area contributed by atoms with Crippen LogP contribution in [0.4, 0.5) is 0 Å². The van der Waals surface area contributed by atoms with Crippen molar-refractivity contribution >= 4 is 0 Å². The van der Waals surface area contributed by atoms with Crippen molar-refractivity contribution in [3.8, 4) is 22.6 Å². The molecule has 0 heterocycles. The maximum absolute atomic E-state index is 6.09. The molecule has 150 valence electrons. The summed E-state index contributed by atoms with van der Waals surface area (Å²) in [6.45, 7) is 5.23. The number of aryl methyl sites for hydroxylation is 2. The summed E-state index contributed by atoms with van der Waals surface area (Å²) >= 11 is 0. The van der Waals surface area contributed by atoms with Gasteiger partial charge >= 0.3 is 0 Å². The molecular formula is C28H26O2. The van der Waals surface area contributed by atoms with Crippen molar-refractivity contribution in [2.24, 2.45) is 0 Å². The van der Waals surface area contributed by atoms with Crippen LogP contribution in [-0.4, -0.2) is 0 Å². The Kier molecular flexibility index (Phi) is 6.14. The van der Waals surface area contributed by atoms with Crippen LogP contribution in [0.3, 0.4) is 0 Å². The number of hydrogen-bond acceptors (Lipinski definition) is 2. The first-order valence-electron chi connectivity index (χ1n) is 10.2. The van der Waals surface area contributed by atoms with Crippen LogP contribution in [0.15, 0.2) is 97.1 Å². The molecule has 0 aliphatic carbocycles. The second kappa shape index (κ2) is 9.32. The third kappa shape index (κ3) is 4.72. The Morgan fingerprint density at radius 3 is 1.70 bits per heavy atom. The maximum Gasteiger partial charge on any atom is 0.122 e. The van der Waals surface area contributed by atoms with Gasteiger partial charge in [-0.3, -0.25) is 0 Å². The molecule has 0 aliphatic rings. The normalized spacial score (nSPS) is 10.6. The molecule has 0 bridgehead atoms. The molecule has 0 aromatic heterocycles. The summed E-state index contributed by atoms with van der Waals surface area (Å²) in [7, 11) is 0. The lowest BCUT2D eigenvalue weighted by molar-refractivity contribution is 0.304. The Labute approximate surface area is 178 Å². The van der Waals surface area contributed by atoms with E-state index in [0.29, 0.717) is 13.2 Å². The lowest BCUT2D eigenvalue weighted by Gasteiger charge is -2.13. The van der Waals surface area contributed by atoms with E-state index in [9.17, 15) is 0 Å². The van der Waals surface area contributed by atoms with Crippen LogP contribution < -0.4 is 9.47 Å². The summed E-state index contributed by atoms with van der Waals surface area (Å²) in [6, 6.07) is 33.2. The van der Waals surface area contributed by atoms with Gasteiger partial charge in [-0.2, -0.15) is 0 Å². The van der Waals surface area contributed by atoms with Crippen molar-refractivity contribution in [1.29, 1.82) is 0 Å². The zero-order valence-corrected chi connectivity index (χ0v) is 17.5. The average Bonchev–Trinajstić information content (AvgIpc) is 2.79. The van der Waals surface area contributed by atoms with Crippen LogP contribution in [0.25, 0.3) is 11.1 Å². The zero-order valence-electron chi connectivity index (χ0n) is 17.5. The molecule has 4 rings (SSSR count). The fraction of sp³-hybridized carbons (Fsp3) is 0.143. The van der Waals surface area contributed by atoms with E-state index in [1.165, 1.54) is 16.7 Å². The third-order valence-electron chi connectivity index (χ3n) is 5.25. The molecule has 2 nitrogen and oxygen atoms in total. The van der Waals surface area contributed by atoms with E-state index < -0.39 is 0 Å². The van der Waals surface area contributed by atoms with E-state index in [1.54, 1.807) is 0 Å². The number of para-hydroxylation sites is 2. The Morgan fingerprint density at radius 1 is 0.533 bits per heavy atom. The second-order valence-electron chi connectivity index (χ2n) is 7.46. The first kappa shape index (κ1) is 19.8. The predicted octanol–water partition coefficient (Wildman–Crippen LogP) is 7.13. The van der Waals surface area contributed by atoms with Crippen LogP contribution in [0.5, 0.6) is 11.5 Å². The molecule has 2 heteroatoms. The standard InChI is InChI=1S/C28H26O2/c1-21-9-3-7-13-27(21)29-19-23-15-17-24(18-16-23)26-12-6-5-11-25(26)20-30-28-14-8-4-10-22(28)2/h3-18H,19-20H2,1-2H3. The first-order valence-corrected chi connectivity index (χ1v) is 10.2. The molecule has 0 N–H and O–H groups in total. The van der Waals surface area contributed by atoms with Gasteiger partial charge in [0.25, 0.3) is 0 Å². The van der Waals surface area contributed by atoms with Crippen LogP contribution in [0.2, 0.25) is 0 Å². The highest BCUT2D eigenvalue weighted by molar-refractivity contribution is 5.67. The fourth-order valence-electron chi connectivity index (χ4n) is 3.46. The maximum atomic E-state index is 6.09. The summed E-state index contributed by atoms with van der Waals surface area (Å²) in [6.07, 6.45) is 0. The first-order chi connectivity index (χ1) is 14.7. The summed E-state index contributed by atoms with van der Waals surface area (Å²) in [4.78, 5) is 0. The number of ether oxygens (including phenoxy) is 2. The quantitative estimate of drug-likeness (QED) is 0.332. The predicted molar refractivity (Wildman–Crippen MR) is 123 cm³/mol. The van der Waals surface area contributed by atoms with Crippen molar-refractivity contribution in [2.75, 3.05) is 0 Å². The van der Waals surface area contributed by atoms with Crippen molar-refractivity contribution in [2.45, 2.75) is 27.1 Å². The van der Waals surface area contributed by atoms with Crippen LogP contribution >= 0.6 is 0 Å². The highest BCUT2D eigenvalue weighted by atomic mass is 16.5. The van der Waals surface area contributed by atoms with Crippen molar-refractivity contribution < 1.29 is 9.47 Å². The van der Waals surface area contributed by atoms with Crippen molar-refractivity contribution in [3.05, 3.63) is 119 Å². The zero-order chi connectivity index (χ0) is 20.8. The van der Waals surface area contributed by atoms with Crippen LogP contribution in [-0.2, 0) is 13.2 Å². The highest BCUT2D eigenvalue weighted by Crippen LogP contribution is 2.27. The van der Waals surface area contributed by atoms with Crippen molar-refractivity contribution in [3.63, 3.8) is 0 Å². The number of benzene rings is 4. The second-order valence-corrected chi connectivity index (χ2v) is 7.46. The summed E-state index contributed by atoms with van der Waals surface area (Å²) in [5, 5.41) is 0. The molecule has 0 aliphatic heterocycles. The Bertz CT molecular complexity index is 1110. The van der Waals surface area contributed by atoms with E-state index >= 15 is 0 Å². The molecule has 0 saturated carbocycles. The molecular weight excluding hydrogens is 368 g/mol. The summed E-state index contributed by atoms with van der Waals surface area (Å²) in [5.41, 5.74) is 6.99. The summed E-state index contributed by atoms with van der Waals surface area (Å²) in [5.74, 6) is 1.86. The Hall–Kier alpha value is -3.52. The van der Waals surface area contributed by atoms with Gasteiger partial charge < -0.3 is 9.47 Å². The van der Waals surface area contributed by atoms with Crippen molar-refractivity contribution in [1.82, 2.24) is 0 Å². The molecule has 30 heavy (non-hydrogen) atoms. The molecule has 0 atom stereocenters. The van der Waals surface area contributed by atoms with Gasteiger partial charge in [0.05, 0.1) is 0 Å². The minimum atomic E-state index is 0.541. The van der Waals surface area contributed by atoms with Gasteiger partial charge in [-0.15, -0.1) is 0 Å². The minimum absolute atomic E-state index is 0.541. The lowest BCUT2D eigenvalue weighted by atomic mass is 9.99. The van der Waals surface area contributed by atoms with Gasteiger partial charge in [0.2, 0.25) is 0 Å². The SMILES string of the molecule is Cc1ccccc1OCc1ccc(-c2ccccc2COc2ccccc2C)cc1. The molecule has 0 amide bonds. The average molecular weight is 395 g/mol. The molecule has 0 unspecified atom stereocenters. The molecule has 4 aromatic rings. The van der Waals surface area contributed by atoms with Gasteiger partial charge in [-0.05, 0) is 59.4 Å². The van der Waals surface area contributed by atoms with Crippen LogP contribution in [0, 0.1) is 13.8 Å².